The van der Waals surface area contributed by atoms with E-state index in [1.54, 1.807) is 6.08 Å². The number of hydrogen-bond acceptors (Lipinski definition) is 5. The van der Waals surface area contributed by atoms with E-state index in [0.717, 1.165) is 35.5 Å². The average Bonchev–Trinajstić information content (AvgIpc) is 3.40. The van der Waals surface area contributed by atoms with Crippen molar-refractivity contribution in [2.45, 2.75) is 24.5 Å². The first-order valence-electron chi connectivity index (χ1n) is 10.4. The third-order valence-corrected chi connectivity index (χ3v) is 6.47. The molecule has 0 saturated carbocycles. The molecule has 0 bridgehead atoms. The number of para-hydroxylation sites is 1. The number of allylic oxidation sites excluding steroid dienone is 1. The van der Waals surface area contributed by atoms with Gasteiger partial charge in [-0.2, -0.15) is 5.10 Å². The molecule has 160 valence electrons. The third-order valence-electron chi connectivity index (χ3n) is 5.48. The van der Waals surface area contributed by atoms with Gasteiger partial charge in [-0.1, -0.05) is 60.3 Å². The molecular weight excluding hydrogens is 420 g/mol. The number of carbonyl (C=O) groups excluding carboxylic acids is 1. The number of primary amides is 1. The maximum Gasteiger partial charge on any atom is 0.227 e. The van der Waals surface area contributed by atoms with E-state index < -0.39 is 5.91 Å². The van der Waals surface area contributed by atoms with E-state index in [2.05, 4.69) is 53.2 Å². The molecule has 1 amide bonds. The van der Waals surface area contributed by atoms with Gasteiger partial charge in [-0.25, -0.2) is 4.68 Å². The smallest absolute Gasteiger partial charge is 0.227 e. The van der Waals surface area contributed by atoms with Crippen molar-refractivity contribution in [2.24, 2.45) is 5.73 Å². The lowest BCUT2D eigenvalue weighted by Crippen LogP contribution is -2.14. The first kappa shape index (κ1) is 20.3. The van der Waals surface area contributed by atoms with Gasteiger partial charge in [-0.3, -0.25) is 9.36 Å². The second-order valence-corrected chi connectivity index (χ2v) is 8.48. The molecule has 0 saturated heterocycles. The van der Waals surface area contributed by atoms with Crippen molar-refractivity contribution in [1.29, 1.82) is 0 Å². The number of nitrogens with zero attached hydrogens (tertiary/aromatic N) is 5. The van der Waals surface area contributed by atoms with Crippen LogP contribution in [-0.2, 0) is 24.2 Å². The van der Waals surface area contributed by atoms with Crippen molar-refractivity contribution in [3.05, 3.63) is 78.4 Å². The Morgan fingerprint density at radius 1 is 1.09 bits per heavy atom. The van der Waals surface area contributed by atoms with E-state index in [-0.39, 0.29) is 5.75 Å². The van der Waals surface area contributed by atoms with Crippen LogP contribution in [0, 0.1) is 0 Å². The second kappa shape index (κ2) is 8.47. The highest BCUT2D eigenvalue weighted by Gasteiger charge is 2.29. The van der Waals surface area contributed by atoms with Crippen LogP contribution >= 0.6 is 11.8 Å². The maximum absolute atomic E-state index is 11.3. The van der Waals surface area contributed by atoms with Gasteiger partial charge in [0.2, 0.25) is 5.91 Å². The summed E-state index contributed by atoms with van der Waals surface area (Å²) in [5.74, 6) is 0.411. The number of benzene rings is 2. The molecule has 0 atom stereocenters. The summed E-state index contributed by atoms with van der Waals surface area (Å²) in [6, 6.07) is 18.6. The SMILES string of the molecule is C=CCn1c(SCC(N)=O)nnc1-c1nn(-c2ccccc2)c2c1CCc1ccccc1-2. The summed E-state index contributed by atoms with van der Waals surface area (Å²) < 4.78 is 3.95. The highest BCUT2D eigenvalue weighted by molar-refractivity contribution is 7.99. The predicted molar refractivity (Wildman–Crippen MR) is 126 cm³/mol. The lowest BCUT2D eigenvalue weighted by Gasteiger charge is -2.18. The van der Waals surface area contributed by atoms with E-state index in [1.807, 2.05) is 27.4 Å². The number of hydrogen-bond donors (Lipinski definition) is 1. The fourth-order valence-electron chi connectivity index (χ4n) is 4.13. The highest BCUT2D eigenvalue weighted by atomic mass is 32.2. The van der Waals surface area contributed by atoms with Crippen molar-refractivity contribution in [2.75, 3.05) is 5.75 Å². The Labute approximate surface area is 190 Å². The minimum Gasteiger partial charge on any atom is -0.369 e. The molecule has 2 aromatic heterocycles. The zero-order valence-electron chi connectivity index (χ0n) is 17.4. The molecule has 2 heterocycles. The van der Waals surface area contributed by atoms with Crippen LogP contribution in [0.5, 0.6) is 0 Å². The number of nitrogens with two attached hydrogens (primary N) is 1. The lowest BCUT2D eigenvalue weighted by atomic mass is 9.88. The molecule has 5 rings (SSSR count). The zero-order valence-corrected chi connectivity index (χ0v) is 18.3. The molecule has 1 aliphatic rings. The molecule has 2 N–H and O–H groups in total. The molecule has 0 radical (unpaired) electrons. The van der Waals surface area contributed by atoms with Gasteiger partial charge in [0.25, 0.3) is 0 Å². The number of amides is 1. The maximum atomic E-state index is 11.3. The van der Waals surface area contributed by atoms with Gasteiger partial charge in [-0.05, 0) is 30.5 Å². The Bertz CT molecular complexity index is 1310. The van der Waals surface area contributed by atoms with Crippen LogP contribution in [0.3, 0.4) is 0 Å². The summed E-state index contributed by atoms with van der Waals surface area (Å²) in [7, 11) is 0. The van der Waals surface area contributed by atoms with Crippen LogP contribution in [0.15, 0.2) is 72.4 Å². The van der Waals surface area contributed by atoms with Gasteiger partial charge in [-0.15, -0.1) is 16.8 Å². The number of carbonyl (C=O) groups is 1. The lowest BCUT2D eigenvalue weighted by molar-refractivity contribution is -0.115. The molecule has 0 aliphatic heterocycles. The fraction of sp³-hybridized carbons (Fsp3) is 0.167. The minimum absolute atomic E-state index is 0.138. The van der Waals surface area contributed by atoms with Gasteiger partial charge in [0.15, 0.2) is 11.0 Å². The van der Waals surface area contributed by atoms with Crippen molar-refractivity contribution in [1.82, 2.24) is 24.5 Å². The Balaban J connectivity index is 1.71. The molecule has 0 spiro atoms. The van der Waals surface area contributed by atoms with E-state index in [9.17, 15) is 4.79 Å². The predicted octanol–water partition coefficient (Wildman–Crippen LogP) is 3.66. The van der Waals surface area contributed by atoms with Crippen LogP contribution in [-0.4, -0.2) is 36.2 Å². The van der Waals surface area contributed by atoms with Crippen molar-refractivity contribution in [3.63, 3.8) is 0 Å². The number of fused-ring (bicyclic) bond motifs is 3. The van der Waals surface area contributed by atoms with Crippen LogP contribution in [0.4, 0.5) is 0 Å². The Kier molecular flexibility index (Phi) is 5.36. The van der Waals surface area contributed by atoms with Gasteiger partial charge in [0.1, 0.15) is 5.69 Å². The number of thioether (sulfide) groups is 1. The molecule has 1 aliphatic carbocycles. The summed E-state index contributed by atoms with van der Waals surface area (Å²) >= 11 is 1.27. The molecule has 7 nitrogen and oxygen atoms in total. The standard InChI is InChI=1S/C24H22N6OS/c1-2-14-29-23(26-27-24(29)32-15-20(25)31)21-19-13-12-16-8-6-7-11-18(16)22(19)30(28-21)17-9-4-3-5-10-17/h2-11H,1,12-15H2,(H2,25,31). The summed E-state index contributed by atoms with van der Waals surface area (Å²) in [6.45, 7) is 4.38. The first-order chi connectivity index (χ1) is 15.7. The Hall–Kier alpha value is -3.65. The normalized spacial score (nSPS) is 12.2. The van der Waals surface area contributed by atoms with E-state index in [0.29, 0.717) is 17.5 Å². The Morgan fingerprint density at radius 3 is 2.66 bits per heavy atom. The second-order valence-electron chi connectivity index (χ2n) is 7.54. The molecule has 0 fully saturated rings. The summed E-state index contributed by atoms with van der Waals surface area (Å²) in [5.41, 5.74) is 11.9. The summed E-state index contributed by atoms with van der Waals surface area (Å²) in [6.07, 6.45) is 3.59. The largest absolute Gasteiger partial charge is 0.369 e. The highest BCUT2D eigenvalue weighted by Crippen LogP contribution is 2.40. The number of aryl methyl sites for hydroxylation is 1. The average molecular weight is 443 g/mol. The zero-order chi connectivity index (χ0) is 22.1. The first-order valence-corrected chi connectivity index (χ1v) is 11.4. The molecule has 32 heavy (non-hydrogen) atoms. The van der Waals surface area contributed by atoms with Gasteiger partial charge in [0, 0.05) is 17.7 Å². The van der Waals surface area contributed by atoms with Gasteiger partial charge >= 0.3 is 0 Å². The molecule has 4 aromatic rings. The van der Waals surface area contributed by atoms with Crippen LogP contribution in [0.25, 0.3) is 28.5 Å². The van der Waals surface area contributed by atoms with Crippen LogP contribution in [0.1, 0.15) is 11.1 Å². The summed E-state index contributed by atoms with van der Waals surface area (Å²) in [5, 5.41) is 14.5. The monoisotopic (exact) mass is 442 g/mol. The topological polar surface area (TPSA) is 91.6 Å². The van der Waals surface area contributed by atoms with Crippen molar-refractivity contribution >= 4 is 17.7 Å². The summed E-state index contributed by atoms with van der Waals surface area (Å²) in [4.78, 5) is 11.3. The molecular formula is C24H22N6OS. The van der Waals surface area contributed by atoms with Gasteiger partial charge in [0.05, 0.1) is 17.1 Å². The molecule has 8 heteroatoms. The third kappa shape index (κ3) is 3.52. The quantitative estimate of drug-likeness (QED) is 0.348. The van der Waals surface area contributed by atoms with E-state index in [1.165, 1.54) is 22.9 Å². The minimum atomic E-state index is -0.396. The van der Waals surface area contributed by atoms with Crippen molar-refractivity contribution < 1.29 is 4.79 Å². The van der Waals surface area contributed by atoms with E-state index >= 15 is 0 Å². The number of rotatable bonds is 7. The number of aromatic nitrogens is 5. The van der Waals surface area contributed by atoms with Gasteiger partial charge < -0.3 is 5.73 Å². The Morgan fingerprint density at radius 2 is 1.88 bits per heavy atom. The fourth-order valence-corrected chi connectivity index (χ4v) is 4.82. The van der Waals surface area contributed by atoms with E-state index in [4.69, 9.17) is 10.8 Å². The molecule has 2 aromatic carbocycles. The molecule has 0 unspecified atom stereocenters. The van der Waals surface area contributed by atoms with Crippen LogP contribution < -0.4 is 5.73 Å². The van der Waals surface area contributed by atoms with Crippen molar-refractivity contribution in [3.8, 4) is 28.5 Å². The van der Waals surface area contributed by atoms with Crippen LogP contribution in [0.2, 0.25) is 0 Å².